The van der Waals surface area contributed by atoms with E-state index in [9.17, 15) is 23.5 Å². The van der Waals surface area contributed by atoms with Crippen LogP contribution in [-0.2, 0) is 16.1 Å². The molecular weight excluding hydrogens is 412 g/mol. The summed E-state index contributed by atoms with van der Waals surface area (Å²) >= 11 is 0. The van der Waals surface area contributed by atoms with E-state index in [-0.39, 0.29) is 31.2 Å². The lowest BCUT2D eigenvalue weighted by molar-refractivity contribution is -0.130. The Hall–Kier alpha value is -3.18. The van der Waals surface area contributed by atoms with Crippen LogP contribution in [0.25, 0.3) is 0 Å². The maximum absolute atomic E-state index is 13.7. The molecule has 2 aromatic rings. The number of urea groups is 1. The number of benzene rings is 1. The van der Waals surface area contributed by atoms with Gasteiger partial charge in [-0.15, -0.1) is 0 Å². The van der Waals surface area contributed by atoms with Gasteiger partial charge < -0.3 is 25.8 Å². The number of ether oxygens (including phenoxy) is 1. The van der Waals surface area contributed by atoms with Crippen LogP contribution >= 0.6 is 0 Å². The van der Waals surface area contributed by atoms with Gasteiger partial charge in [0.1, 0.15) is 24.1 Å². The molecule has 1 aliphatic rings. The maximum atomic E-state index is 13.7. The number of halogens is 2. The molecule has 31 heavy (non-hydrogen) atoms. The molecule has 9 nitrogen and oxygen atoms in total. The number of carbonyl (C=O) groups is 2. The molecule has 0 unspecified atom stereocenters. The highest BCUT2D eigenvalue weighted by molar-refractivity contribution is 5.89. The molecule has 1 aromatic carbocycles. The summed E-state index contributed by atoms with van der Waals surface area (Å²) in [7, 11) is 0. The number of amides is 3. The number of aliphatic hydroxyl groups is 1. The summed E-state index contributed by atoms with van der Waals surface area (Å²) in [5.74, 6) is -1.69. The first kappa shape index (κ1) is 22.5. The first-order chi connectivity index (χ1) is 14.9. The number of nitrogens with one attached hydrogen (secondary N) is 3. The quantitative estimate of drug-likeness (QED) is 0.522. The highest BCUT2D eigenvalue weighted by Crippen LogP contribution is 2.22. The van der Waals surface area contributed by atoms with Gasteiger partial charge in [0.05, 0.1) is 43.1 Å². The minimum absolute atomic E-state index is 0.0923. The van der Waals surface area contributed by atoms with E-state index in [0.29, 0.717) is 18.5 Å². The van der Waals surface area contributed by atoms with Gasteiger partial charge in [0.2, 0.25) is 5.91 Å². The van der Waals surface area contributed by atoms with Gasteiger partial charge in [-0.1, -0.05) is 0 Å². The molecule has 3 amide bonds. The van der Waals surface area contributed by atoms with Gasteiger partial charge in [-0.2, -0.15) is 0 Å². The first-order valence-corrected chi connectivity index (χ1v) is 9.75. The summed E-state index contributed by atoms with van der Waals surface area (Å²) in [6.07, 6.45) is 2.81. The summed E-state index contributed by atoms with van der Waals surface area (Å²) < 4.78 is 32.7. The Balaban J connectivity index is 1.46. The molecule has 0 radical (unpaired) electrons. The largest absolute Gasteiger partial charge is 0.394 e. The van der Waals surface area contributed by atoms with Crippen molar-refractivity contribution < 1.29 is 28.2 Å². The topological polar surface area (TPSA) is 125 Å². The number of rotatable bonds is 7. The summed E-state index contributed by atoms with van der Waals surface area (Å²) in [6.45, 7) is -0.114. The van der Waals surface area contributed by atoms with E-state index in [4.69, 9.17) is 4.74 Å². The van der Waals surface area contributed by atoms with Gasteiger partial charge in [-0.25, -0.2) is 23.5 Å². The van der Waals surface area contributed by atoms with Crippen LogP contribution in [-0.4, -0.2) is 51.9 Å². The Kier molecular flexibility index (Phi) is 7.79. The fraction of sp³-hybridized carbons (Fsp3) is 0.400. The number of anilines is 1. The van der Waals surface area contributed by atoms with E-state index < -0.39 is 35.9 Å². The van der Waals surface area contributed by atoms with Crippen molar-refractivity contribution in [3.8, 4) is 0 Å². The Bertz CT molecular complexity index is 902. The molecule has 0 saturated carbocycles. The van der Waals surface area contributed by atoms with Crippen LogP contribution in [0.2, 0.25) is 0 Å². The van der Waals surface area contributed by atoms with E-state index in [1.807, 2.05) is 0 Å². The van der Waals surface area contributed by atoms with Crippen LogP contribution in [0.1, 0.15) is 25.0 Å². The smallest absolute Gasteiger partial charge is 0.319 e. The number of aliphatic hydroxyl groups excluding tert-OH is 1. The van der Waals surface area contributed by atoms with Crippen LogP contribution in [0, 0.1) is 11.6 Å². The van der Waals surface area contributed by atoms with Crippen LogP contribution in [0.15, 0.2) is 36.8 Å². The monoisotopic (exact) mass is 435 g/mol. The second kappa shape index (κ2) is 10.7. The molecular formula is C20H23F2N5O4. The Labute approximate surface area is 177 Å². The second-order valence-corrected chi connectivity index (χ2v) is 7.07. The fourth-order valence-corrected chi connectivity index (χ4v) is 3.26. The number of aromatic nitrogens is 2. The van der Waals surface area contributed by atoms with Gasteiger partial charge in [-0.05, 0) is 31.0 Å². The van der Waals surface area contributed by atoms with Gasteiger partial charge in [0.25, 0.3) is 0 Å². The molecule has 0 bridgehead atoms. The molecule has 1 aliphatic heterocycles. The predicted octanol–water partition coefficient (Wildman–Crippen LogP) is 1.49. The second-order valence-electron chi connectivity index (χ2n) is 7.07. The fourth-order valence-electron chi connectivity index (χ4n) is 3.26. The van der Waals surface area contributed by atoms with E-state index in [0.717, 1.165) is 18.2 Å². The standard InChI is InChI=1S/C20H23F2N5O4/c21-12-1-3-15(22)17(7-12)27-20(30)26-16-4-2-14(31-18(16)10-28)8-19(29)24-9-13-5-6-23-11-25-13/h1,3,5-7,11,14,16,18,28H,2,4,8-10H2,(H,24,29)(H2,26,27,30)/t14-,16+,18+/m0/s1. The highest BCUT2D eigenvalue weighted by Gasteiger charge is 2.33. The lowest BCUT2D eigenvalue weighted by atomic mass is 9.97. The number of nitrogens with zero attached hydrogens (tertiary/aromatic N) is 2. The zero-order valence-corrected chi connectivity index (χ0v) is 16.6. The molecule has 11 heteroatoms. The van der Waals surface area contributed by atoms with Crippen molar-refractivity contribution in [2.75, 3.05) is 11.9 Å². The Morgan fingerprint density at radius 2 is 2.06 bits per heavy atom. The third-order valence-electron chi connectivity index (χ3n) is 4.81. The minimum atomic E-state index is -0.775. The summed E-state index contributed by atoms with van der Waals surface area (Å²) in [6, 6.07) is 3.10. The number of carbonyl (C=O) groups excluding carboxylic acids is 2. The SMILES string of the molecule is O=C(C[C@@H]1CC[C@@H](NC(=O)Nc2cc(F)ccc2F)[C@@H](CO)O1)NCc1ccncn1. The van der Waals surface area contributed by atoms with Gasteiger partial charge in [-0.3, -0.25) is 4.79 Å². The van der Waals surface area contributed by atoms with Crippen molar-refractivity contribution in [1.82, 2.24) is 20.6 Å². The van der Waals surface area contributed by atoms with Gasteiger partial charge in [0, 0.05) is 12.3 Å². The summed E-state index contributed by atoms with van der Waals surface area (Å²) in [5.41, 5.74) is 0.374. The van der Waals surface area contributed by atoms with Crippen LogP contribution in [0.4, 0.5) is 19.3 Å². The molecule has 4 N–H and O–H groups in total. The minimum Gasteiger partial charge on any atom is -0.394 e. The van der Waals surface area contributed by atoms with Crippen molar-refractivity contribution in [2.45, 2.75) is 44.1 Å². The third kappa shape index (κ3) is 6.66. The van der Waals surface area contributed by atoms with Crippen LogP contribution < -0.4 is 16.0 Å². The lowest BCUT2D eigenvalue weighted by Gasteiger charge is -2.35. The molecule has 3 rings (SSSR count). The maximum Gasteiger partial charge on any atom is 0.319 e. The highest BCUT2D eigenvalue weighted by atomic mass is 19.1. The number of hydrogen-bond donors (Lipinski definition) is 4. The molecule has 1 saturated heterocycles. The molecule has 0 spiro atoms. The molecule has 0 aliphatic carbocycles. The molecule has 166 valence electrons. The van der Waals surface area contributed by atoms with E-state index in [2.05, 4.69) is 25.9 Å². The first-order valence-electron chi connectivity index (χ1n) is 9.75. The lowest BCUT2D eigenvalue weighted by Crippen LogP contribution is -2.52. The van der Waals surface area contributed by atoms with E-state index in [1.54, 1.807) is 12.3 Å². The summed E-state index contributed by atoms with van der Waals surface area (Å²) in [4.78, 5) is 32.1. The Morgan fingerprint density at radius 1 is 1.23 bits per heavy atom. The molecule has 2 heterocycles. The van der Waals surface area contributed by atoms with Gasteiger partial charge >= 0.3 is 6.03 Å². The van der Waals surface area contributed by atoms with Crippen LogP contribution in [0.3, 0.4) is 0 Å². The summed E-state index contributed by atoms with van der Waals surface area (Å²) in [5, 5.41) is 17.2. The zero-order valence-electron chi connectivity index (χ0n) is 16.6. The van der Waals surface area contributed by atoms with E-state index in [1.165, 1.54) is 6.33 Å². The normalized spacial score (nSPS) is 20.7. The third-order valence-corrected chi connectivity index (χ3v) is 4.81. The predicted molar refractivity (Wildman–Crippen MR) is 106 cm³/mol. The molecule has 3 atom stereocenters. The van der Waals surface area contributed by atoms with Crippen molar-refractivity contribution in [3.05, 3.63) is 54.1 Å². The molecule has 1 aromatic heterocycles. The zero-order chi connectivity index (χ0) is 22.2. The number of hydrogen-bond acceptors (Lipinski definition) is 6. The Morgan fingerprint density at radius 3 is 2.81 bits per heavy atom. The molecule has 1 fully saturated rings. The van der Waals surface area contributed by atoms with Crippen molar-refractivity contribution in [2.24, 2.45) is 0 Å². The van der Waals surface area contributed by atoms with Crippen molar-refractivity contribution in [1.29, 1.82) is 0 Å². The van der Waals surface area contributed by atoms with Crippen molar-refractivity contribution in [3.63, 3.8) is 0 Å². The van der Waals surface area contributed by atoms with Gasteiger partial charge in [0.15, 0.2) is 0 Å². The van der Waals surface area contributed by atoms with Crippen molar-refractivity contribution >= 4 is 17.6 Å². The average molecular weight is 435 g/mol. The average Bonchev–Trinajstić information content (AvgIpc) is 2.76. The van der Waals surface area contributed by atoms with E-state index >= 15 is 0 Å². The van der Waals surface area contributed by atoms with Crippen LogP contribution in [0.5, 0.6) is 0 Å².